The van der Waals surface area contributed by atoms with Crippen LogP contribution in [0.3, 0.4) is 0 Å². The van der Waals surface area contributed by atoms with Crippen LogP contribution in [0.2, 0.25) is 0 Å². The minimum Gasteiger partial charge on any atom is -0.352 e. The molecule has 172 valence electrons. The largest absolute Gasteiger partial charge is 0.352 e. The molecule has 32 heavy (non-hydrogen) atoms. The molecule has 2 aromatic carbocycles. The highest BCUT2D eigenvalue weighted by atomic mass is 19.2. The van der Waals surface area contributed by atoms with Crippen molar-refractivity contribution in [2.45, 2.75) is 52.2 Å². The van der Waals surface area contributed by atoms with Crippen molar-refractivity contribution in [3.05, 3.63) is 64.7 Å². The molecular weight excluding hydrogens is 420 g/mol. The van der Waals surface area contributed by atoms with Crippen molar-refractivity contribution in [2.24, 2.45) is 11.8 Å². The van der Waals surface area contributed by atoms with Gasteiger partial charge in [0.15, 0.2) is 23.7 Å². The zero-order valence-electron chi connectivity index (χ0n) is 18.4. The van der Waals surface area contributed by atoms with Gasteiger partial charge in [0.2, 0.25) is 0 Å². The van der Waals surface area contributed by atoms with Gasteiger partial charge in [-0.2, -0.15) is 0 Å². The summed E-state index contributed by atoms with van der Waals surface area (Å²) in [6.45, 7) is 4.95. The number of rotatable bonds is 5. The zero-order chi connectivity index (χ0) is 22.8. The maximum absolute atomic E-state index is 14.9. The highest BCUT2D eigenvalue weighted by molar-refractivity contribution is 5.73. The monoisotopic (exact) mass is 448 g/mol. The lowest BCUT2D eigenvalue weighted by molar-refractivity contribution is -0.225. The SMILES string of the molecule is CCCC1COC(C2CC=C(c3ccc(-c4cc(F)c(F)c(F)c4C)c(F)c3)CC2)OC1. The van der Waals surface area contributed by atoms with E-state index in [1.807, 2.05) is 0 Å². The Morgan fingerprint density at radius 3 is 2.31 bits per heavy atom. The zero-order valence-corrected chi connectivity index (χ0v) is 18.4. The summed E-state index contributed by atoms with van der Waals surface area (Å²) in [5.74, 6) is -4.02. The average Bonchev–Trinajstić information content (AvgIpc) is 2.81. The van der Waals surface area contributed by atoms with E-state index in [0.29, 0.717) is 5.92 Å². The minimum atomic E-state index is -1.54. The molecule has 1 heterocycles. The molecule has 1 fully saturated rings. The first-order valence-corrected chi connectivity index (χ1v) is 11.3. The predicted octanol–water partition coefficient (Wildman–Crippen LogP) is 7.19. The van der Waals surface area contributed by atoms with Gasteiger partial charge in [0.25, 0.3) is 0 Å². The molecule has 1 saturated heterocycles. The maximum atomic E-state index is 14.9. The molecule has 4 rings (SSSR count). The summed E-state index contributed by atoms with van der Waals surface area (Å²) in [7, 11) is 0. The molecule has 0 saturated carbocycles. The number of allylic oxidation sites excluding steroid dienone is 2. The van der Waals surface area contributed by atoms with Crippen molar-refractivity contribution < 1.29 is 27.0 Å². The second kappa shape index (κ2) is 9.75. The second-order valence-electron chi connectivity index (χ2n) is 8.81. The van der Waals surface area contributed by atoms with Crippen LogP contribution in [0.15, 0.2) is 30.3 Å². The molecule has 1 unspecified atom stereocenters. The van der Waals surface area contributed by atoms with Crippen LogP contribution in [0.1, 0.15) is 50.2 Å². The maximum Gasteiger partial charge on any atom is 0.194 e. The van der Waals surface area contributed by atoms with Gasteiger partial charge in [0, 0.05) is 17.4 Å². The number of ether oxygens (including phenoxy) is 2. The number of hydrogen-bond donors (Lipinski definition) is 0. The minimum absolute atomic E-state index is 0.0103. The molecular formula is C26H28F4O2. The van der Waals surface area contributed by atoms with Gasteiger partial charge in [-0.05, 0) is 67.0 Å². The summed E-state index contributed by atoms with van der Waals surface area (Å²) in [5, 5.41) is 0. The quantitative estimate of drug-likeness (QED) is 0.356. The Balaban J connectivity index is 1.47. The molecule has 6 heteroatoms. The molecule has 1 aliphatic heterocycles. The molecule has 0 amide bonds. The Morgan fingerprint density at radius 2 is 1.69 bits per heavy atom. The van der Waals surface area contributed by atoms with E-state index in [9.17, 15) is 17.6 Å². The number of hydrogen-bond acceptors (Lipinski definition) is 2. The van der Waals surface area contributed by atoms with Crippen LogP contribution in [0, 0.1) is 42.0 Å². The topological polar surface area (TPSA) is 18.5 Å². The van der Waals surface area contributed by atoms with Gasteiger partial charge in [-0.1, -0.05) is 31.6 Å². The fourth-order valence-corrected chi connectivity index (χ4v) is 4.67. The van der Waals surface area contributed by atoms with Gasteiger partial charge in [0.1, 0.15) is 5.82 Å². The van der Waals surface area contributed by atoms with Crippen LogP contribution >= 0.6 is 0 Å². The third-order valence-electron chi connectivity index (χ3n) is 6.56. The van der Waals surface area contributed by atoms with E-state index in [4.69, 9.17) is 9.47 Å². The van der Waals surface area contributed by atoms with E-state index < -0.39 is 23.3 Å². The first-order valence-electron chi connectivity index (χ1n) is 11.3. The summed E-state index contributed by atoms with van der Waals surface area (Å²) in [4.78, 5) is 0. The van der Waals surface area contributed by atoms with E-state index in [1.54, 1.807) is 6.07 Å². The van der Waals surface area contributed by atoms with Crippen molar-refractivity contribution in [3.8, 4) is 11.1 Å². The van der Waals surface area contributed by atoms with E-state index in [2.05, 4.69) is 13.0 Å². The van der Waals surface area contributed by atoms with Crippen LogP contribution < -0.4 is 0 Å². The van der Waals surface area contributed by atoms with Crippen molar-refractivity contribution in [1.29, 1.82) is 0 Å². The predicted molar refractivity (Wildman–Crippen MR) is 116 cm³/mol. The summed E-state index contributed by atoms with van der Waals surface area (Å²) in [5.41, 5.74) is 1.70. The third-order valence-corrected chi connectivity index (χ3v) is 6.56. The Labute approximate surface area is 186 Å². The molecule has 0 radical (unpaired) electrons. The molecule has 0 bridgehead atoms. The van der Waals surface area contributed by atoms with Crippen molar-refractivity contribution in [2.75, 3.05) is 13.2 Å². The number of benzene rings is 2. The molecule has 0 aromatic heterocycles. The highest BCUT2D eigenvalue weighted by Crippen LogP contribution is 2.37. The van der Waals surface area contributed by atoms with Gasteiger partial charge >= 0.3 is 0 Å². The van der Waals surface area contributed by atoms with E-state index in [1.165, 1.54) is 19.1 Å². The Kier molecular flexibility index (Phi) is 7.01. The normalized spacial score (nSPS) is 23.8. The van der Waals surface area contributed by atoms with E-state index in [0.717, 1.165) is 62.5 Å². The van der Waals surface area contributed by atoms with E-state index in [-0.39, 0.29) is 28.9 Å². The number of halogens is 4. The summed E-state index contributed by atoms with van der Waals surface area (Å²) in [6.07, 6.45) is 6.57. The Bertz CT molecular complexity index is 1010. The van der Waals surface area contributed by atoms with Crippen LogP contribution in [-0.2, 0) is 9.47 Å². The van der Waals surface area contributed by atoms with Gasteiger partial charge in [-0.3, -0.25) is 0 Å². The molecule has 0 N–H and O–H groups in total. The molecule has 2 nitrogen and oxygen atoms in total. The lowest BCUT2D eigenvalue weighted by atomic mass is 9.85. The molecule has 1 atom stereocenters. The van der Waals surface area contributed by atoms with Crippen LogP contribution in [-0.4, -0.2) is 19.5 Å². The molecule has 1 aliphatic carbocycles. The second-order valence-corrected chi connectivity index (χ2v) is 8.81. The summed E-state index contributed by atoms with van der Waals surface area (Å²) < 4.78 is 67.8. The molecule has 2 aliphatic rings. The van der Waals surface area contributed by atoms with Crippen molar-refractivity contribution in [3.63, 3.8) is 0 Å². The third kappa shape index (κ3) is 4.62. The summed E-state index contributed by atoms with van der Waals surface area (Å²) >= 11 is 0. The summed E-state index contributed by atoms with van der Waals surface area (Å²) in [6, 6.07) is 5.46. The van der Waals surface area contributed by atoms with Crippen molar-refractivity contribution in [1.82, 2.24) is 0 Å². The van der Waals surface area contributed by atoms with Gasteiger partial charge in [-0.15, -0.1) is 0 Å². The smallest absolute Gasteiger partial charge is 0.194 e. The van der Waals surface area contributed by atoms with Crippen molar-refractivity contribution >= 4 is 5.57 Å². The Morgan fingerprint density at radius 1 is 0.938 bits per heavy atom. The lowest BCUT2D eigenvalue weighted by Gasteiger charge is -2.35. The lowest BCUT2D eigenvalue weighted by Crippen LogP contribution is -2.37. The first kappa shape index (κ1) is 23.0. The molecule has 0 spiro atoms. The van der Waals surface area contributed by atoms with Crippen LogP contribution in [0.25, 0.3) is 16.7 Å². The standard InChI is InChI=1S/C26H28F4O2/c1-3-4-16-13-31-26(32-14-16)18-7-5-17(6-8-18)19-9-10-20(22(27)11-19)21-12-23(28)25(30)24(29)15(21)2/h5,9-12,16,18,26H,3-4,6-8,13-14H2,1-2H3. The van der Waals surface area contributed by atoms with E-state index >= 15 is 0 Å². The average molecular weight is 449 g/mol. The fraction of sp³-hybridized carbons (Fsp3) is 0.462. The fourth-order valence-electron chi connectivity index (χ4n) is 4.67. The van der Waals surface area contributed by atoms with Gasteiger partial charge in [0.05, 0.1) is 13.2 Å². The Hall–Kier alpha value is -2.18. The van der Waals surface area contributed by atoms with Gasteiger partial charge in [-0.25, -0.2) is 17.6 Å². The molecule has 2 aromatic rings. The first-order chi connectivity index (χ1) is 15.4. The van der Waals surface area contributed by atoms with Crippen LogP contribution in [0.4, 0.5) is 17.6 Å². The highest BCUT2D eigenvalue weighted by Gasteiger charge is 2.30. The van der Waals surface area contributed by atoms with Crippen LogP contribution in [0.5, 0.6) is 0 Å². The van der Waals surface area contributed by atoms with Gasteiger partial charge < -0.3 is 9.47 Å².